The molecule has 3 heterocycles. The summed E-state index contributed by atoms with van der Waals surface area (Å²) in [5, 5.41) is 0. The Bertz CT molecular complexity index is 1330. The van der Waals surface area contributed by atoms with Gasteiger partial charge in [-0.05, 0) is 31.2 Å². The number of oxazole rings is 1. The van der Waals surface area contributed by atoms with Gasteiger partial charge in [0.15, 0.2) is 11.7 Å². The van der Waals surface area contributed by atoms with E-state index in [0.29, 0.717) is 63.2 Å². The van der Waals surface area contributed by atoms with Crippen LogP contribution < -0.4 is 19.3 Å². The summed E-state index contributed by atoms with van der Waals surface area (Å²) < 4.78 is 17.1. The molecule has 2 fully saturated rings. The van der Waals surface area contributed by atoms with E-state index in [2.05, 4.69) is 20.9 Å². The molecule has 0 spiro atoms. The van der Waals surface area contributed by atoms with E-state index in [1.54, 1.807) is 25.1 Å². The zero-order valence-corrected chi connectivity index (χ0v) is 23.5. The van der Waals surface area contributed by atoms with Crippen LogP contribution in [0.5, 0.6) is 11.5 Å². The summed E-state index contributed by atoms with van der Waals surface area (Å²) in [6.45, 7) is 8.87. The molecule has 3 aromatic rings. The van der Waals surface area contributed by atoms with Crippen LogP contribution in [0.15, 0.2) is 53.1 Å². The quantitative estimate of drug-likeness (QED) is 0.424. The highest BCUT2D eigenvalue weighted by Gasteiger charge is 2.28. The number of rotatable bonds is 8. The highest BCUT2D eigenvalue weighted by atomic mass is 16.5. The Morgan fingerprint density at radius 2 is 1.75 bits per heavy atom. The average Bonchev–Trinajstić information content (AvgIpc) is 3.33. The number of para-hydroxylation sites is 2. The Morgan fingerprint density at radius 1 is 0.975 bits per heavy atom. The van der Waals surface area contributed by atoms with Gasteiger partial charge in [0.2, 0.25) is 11.8 Å². The third-order valence-electron chi connectivity index (χ3n) is 7.49. The van der Waals surface area contributed by atoms with Gasteiger partial charge in [-0.15, -0.1) is 0 Å². The van der Waals surface area contributed by atoms with Crippen LogP contribution in [0.3, 0.4) is 0 Å². The van der Waals surface area contributed by atoms with E-state index in [1.807, 2.05) is 48.2 Å². The van der Waals surface area contributed by atoms with Crippen molar-refractivity contribution in [1.29, 1.82) is 0 Å². The van der Waals surface area contributed by atoms with Gasteiger partial charge < -0.3 is 33.5 Å². The zero-order valence-electron chi connectivity index (χ0n) is 23.5. The number of carbonyl (C=O) groups excluding carboxylic acids is 2. The Hall–Kier alpha value is -4.21. The fourth-order valence-corrected chi connectivity index (χ4v) is 5.31. The van der Waals surface area contributed by atoms with E-state index >= 15 is 0 Å². The first-order valence-corrected chi connectivity index (χ1v) is 13.8. The summed E-state index contributed by atoms with van der Waals surface area (Å²) in [6, 6.07) is 13.9. The molecule has 2 saturated heterocycles. The number of aromatic nitrogens is 1. The van der Waals surface area contributed by atoms with Crippen molar-refractivity contribution in [2.45, 2.75) is 20.3 Å². The number of ether oxygens (including phenoxy) is 2. The first-order valence-electron chi connectivity index (χ1n) is 13.8. The lowest BCUT2D eigenvalue weighted by atomic mass is 10.1. The van der Waals surface area contributed by atoms with Gasteiger partial charge in [0.1, 0.15) is 11.5 Å². The van der Waals surface area contributed by atoms with E-state index in [9.17, 15) is 9.59 Å². The Morgan fingerprint density at radius 3 is 2.48 bits per heavy atom. The number of carbonyl (C=O) groups is 2. The maximum absolute atomic E-state index is 13.2. The molecular formula is C30H37N5O5. The van der Waals surface area contributed by atoms with Crippen molar-refractivity contribution in [3.8, 4) is 22.8 Å². The van der Waals surface area contributed by atoms with Gasteiger partial charge in [-0.25, -0.2) is 4.98 Å². The molecule has 0 atom stereocenters. The predicted octanol–water partition coefficient (Wildman–Crippen LogP) is 3.44. The largest absolute Gasteiger partial charge is 0.496 e. The lowest BCUT2D eigenvalue weighted by molar-refractivity contribution is -0.140. The number of hydrogen-bond donors (Lipinski definition) is 0. The summed E-state index contributed by atoms with van der Waals surface area (Å²) in [4.78, 5) is 38.3. The molecule has 2 aliphatic heterocycles. The minimum absolute atomic E-state index is 0.000785. The molecule has 0 bridgehead atoms. The molecule has 212 valence electrons. The van der Waals surface area contributed by atoms with Crippen molar-refractivity contribution in [3.05, 3.63) is 54.6 Å². The number of methoxy groups -OCH3 is 1. The molecule has 2 aliphatic rings. The van der Waals surface area contributed by atoms with Crippen molar-refractivity contribution in [2.24, 2.45) is 0 Å². The van der Waals surface area contributed by atoms with Gasteiger partial charge >= 0.3 is 0 Å². The van der Waals surface area contributed by atoms with Gasteiger partial charge in [-0.3, -0.25) is 9.59 Å². The molecule has 2 aromatic carbocycles. The Balaban J connectivity index is 1.17. The molecule has 5 rings (SSSR count). The van der Waals surface area contributed by atoms with Crippen LogP contribution in [0, 0.1) is 6.92 Å². The van der Waals surface area contributed by atoms with Crippen LogP contribution in [0.4, 0.5) is 11.4 Å². The van der Waals surface area contributed by atoms with Crippen LogP contribution in [0.1, 0.15) is 19.2 Å². The highest BCUT2D eigenvalue weighted by Crippen LogP contribution is 2.34. The molecule has 0 saturated carbocycles. The standard InChI is InChI=1S/C30H37N5O5/c1-4-39-26-8-6-5-7-25(26)33-14-16-34(17-15-33)30(37)21-35-18-13-32(12-11-29(35)36)23-9-10-24(27(19-23)38-3)28-20-31-22(2)40-28/h5-10,19-20H,4,11-18,21H2,1-3H3. The van der Waals surface area contributed by atoms with E-state index in [0.717, 1.165) is 35.8 Å². The lowest BCUT2D eigenvalue weighted by Gasteiger charge is -2.37. The van der Waals surface area contributed by atoms with Gasteiger partial charge in [0.05, 0.1) is 37.7 Å². The minimum atomic E-state index is -0.00656. The van der Waals surface area contributed by atoms with Crippen LogP contribution >= 0.6 is 0 Å². The smallest absolute Gasteiger partial charge is 0.242 e. The molecule has 1 aromatic heterocycles. The van der Waals surface area contributed by atoms with Gasteiger partial charge in [0, 0.05) is 70.9 Å². The molecule has 2 amide bonds. The monoisotopic (exact) mass is 547 g/mol. The van der Waals surface area contributed by atoms with Gasteiger partial charge in [-0.2, -0.15) is 0 Å². The normalized spacial score (nSPS) is 16.2. The molecule has 10 heteroatoms. The summed E-state index contributed by atoms with van der Waals surface area (Å²) in [7, 11) is 1.63. The number of aryl methyl sites for hydroxylation is 1. The lowest BCUT2D eigenvalue weighted by Crippen LogP contribution is -2.52. The Kier molecular flexibility index (Phi) is 8.42. The minimum Gasteiger partial charge on any atom is -0.496 e. The van der Waals surface area contributed by atoms with Crippen LogP contribution in [0.25, 0.3) is 11.3 Å². The molecule has 0 N–H and O–H groups in total. The van der Waals surface area contributed by atoms with Crippen molar-refractivity contribution in [2.75, 3.05) is 75.9 Å². The fraction of sp³-hybridized carbons (Fsp3) is 0.433. The van der Waals surface area contributed by atoms with Gasteiger partial charge in [-0.1, -0.05) is 12.1 Å². The van der Waals surface area contributed by atoms with E-state index in [1.165, 1.54) is 0 Å². The first-order chi connectivity index (χ1) is 19.5. The van der Waals surface area contributed by atoms with Crippen LogP contribution in [-0.4, -0.2) is 92.7 Å². The molecular weight excluding hydrogens is 510 g/mol. The summed E-state index contributed by atoms with van der Waals surface area (Å²) in [5.41, 5.74) is 2.84. The first kappa shape index (κ1) is 27.4. The summed E-state index contributed by atoms with van der Waals surface area (Å²) in [5.74, 6) is 2.78. The molecule has 0 aliphatic carbocycles. The number of benzene rings is 2. The second-order valence-electron chi connectivity index (χ2n) is 9.95. The number of nitrogens with zero attached hydrogens (tertiary/aromatic N) is 5. The number of hydrogen-bond acceptors (Lipinski definition) is 8. The maximum Gasteiger partial charge on any atom is 0.242 e. The average molecular weight is 548 g/mol. The second-order valence-corrected chi connectivity index (χ2v) is 9.95. The Labute approximate surface area is 235 Å². The summed E-state index contributed by atoms with van der Waals surface area (Å²) in [6.07, 6.45) is 2.03. The number of anilines is 2. The third kappa shape index (κ3) is 6.00. The van der Waals surface area contributed by atoms with Crippen molar-refractivity contribution in [1.82, 2.24) is 14.8 Å². The van der Waals surface area contributed by atoms with Gasteiger partial charge in [0.25, 0.3) is 0 Å². The molecule has 0 radical (unpaired) electrons. The second kappa shape index (κ2) is 12.3. The summed E-state index contributed by atoms with van der Waals surface area (Å²) >= 11 is 0. The molecule has 10 nitrogen and oxygen atoms in total. The zero-order chi connectivity index (χ0) is 28.1. The van der Waals surface area contributed by atoms with Crippen molar-refractivity contribution in [3.63, 3.8) is 0 Å². The van der Waals surface area contributed by atoms with E-state index in [-0.39, 0.29) is 18.4 Å². The van der Waals surface area contributed by atoms with E-state index < -0.39 is 0 Å². The maximum atomic E-state index is 13.2. The highest BCUT2D eigenvalue weighted by molar-refractivity contribution is 5.85. The number of piperazine rings is 1. The third-order valence-corrected chi connectivity index (χ3v) is 7.49. The van der Waals surface area contributed by atoms with E-state index in [4.69, 9.17) is 13.9 Å². The van der Waals surface area contributed by atoms with Crippen molar-refractivity contribution >= 4 is 23.2 Å². The van der Waals surface area contributed by atoms with Crippen molar-refractivity contribution < 1.29 is 23.5 Å². The number of amides is 2. The molecule has 40 heavy (non-hydrogen) atoms. The predicted molar refractivity (Wildman–Crippen MR) is 153 cm³/mol. The molecule has 0 unspecified atom stereocenters. The topological polar surface area (TPSA) is 91.6 Å². The fourth-order valence-electron chi connectivity index (χ4n) is 5.31. The van der Waals surface area contributed by atoms with Crippen LogP contribution in [0.2, 0.25) is 0 Å². The SMILES string of the molecule is CCOc1ccccc1N1CCN(C(=O)CN2CCN(c3ccc(-c4cnc(C)o4)c(OC)c3)CCC2=O)CC1. The van der Waals surface area contributed by atoms with Crippen LogP contribution in [-0.2, 0) is 9.59 Å².